The van der Waals surface area contributed by atoms with Gasteiger partial charge in [-0.15, -0.1) is 0 Å². The van der Waals surface area contributed by atoms with Gasteiger partial charge in [0.2, 0.25) is 0 Å². The van der Waals surface area contributed by atoms with Crippen molar-refractivity contribution in [1.29, 1.82) is 0 Å². The number of hydrogen-bond acceptors (Lipinski definition) is 4. The van der Waals surface area contributed by atoms with Gasteiger partial charge in [-0.2, -0.15) is 0 Å². The number of urea groups is 1. The van der Waals surface area contributed by atoms with Crippen LogP contribution in [0, 0.1) is 0 Å². The molecule has 7 nitrogen and oxygen atoms in total. The van der Waals surface area contributed by atoms with Crippen molar-refractivity contribution in [3.63, 3.8) is 0 Å². The van der Waals surface area contributed by atoms with Crippen LogP contribution in [0.5, 0.6) is 0 Å². The number of carbonyl (C=O) groups is 2. The number of amides is 2. The summed E-state index contributed by atoms with van der Waals surface area (Å²) in [5.74, 6) is -0.577. The number of hydrogen-bond donors (Lipinski definition) is 4. The average Bonchev–Trinajstić information content (AvgIpc) is 2.24. The van der Waals surface area contributed by atoms with E-state index < -0.39 is 12.0 Å². The lowest BCUT2D eigenvalue weighted by Crippen LogP contribution is -2.33. The summed E-state index contributed by atoms with van der Waals surface area (Å²) >= 11 is 0. The Morgan fingerprint density at radius 3 is 2.81 bits per heavy atom. The molecule has 0 fully saturated rings. The zero-order chi connectivity index (χ0) is 12.0. The van der Waals surface area contributed by atoms with Crippen molar-refractivity contribution < 1.29 is 14.7 Å². The van der Waals surface area contributed by atoms with Gasteiger partial charge in [0.05, 0.1) is 5.56 Å². The predicted octanol–water partition coefficient (Wildman–Crippen LogP) is -0.140. The first-order valence-electron chi connectivity index (χ1n) is 4.56. The van der Waals surface area contributed by atoms with E-state index in [9.17, 15) is 9.59 Å². The highest BCUT2D eigenvalue weighted by molar-refractivity contribution is 5.88. The molecule has 0 aliphatic heterocycles. The highest BCUT2D eigenvalue weighted by Crippen LogP contribution is 2.05. The molecule has 5 N–H and O–H groups in total. The number of carboxylic acids is 1. The maximum absolute atomic E-state index is 10.6. The van der Waals surface area contributed by atoms with Gasteiger partial charge in [0.1, 0.15) is 5.82 Å². The van der Waals surface area contributed by atoms with Crippen LogP contribution < -0.4 is 16.4 Å². The second kappa shape index (κ2) is 5.54. The quantitative estimate of drug-likeness (QED) is 0.519. The fraction of sp³-hybridized carbons (Fsp3) is 0.222. The Bertz CT molecular complexity index is 394. The van der Waals surface area contributed by atoms with Crippen LogP contribution in [-0.2, 0) is 0 Å². The van der Waals surface area contributed by atoms with Crippen molar-refractivity contribution in [2.24, 2.45) is 5.73 Å². The first-order valence-corrected chi connectivity index (χ1v) is 4.56. The van der Waals surface area contributed by atoms with E-state index in [4.69, 9.17) is 10.8 Å². The fourth-order valence-corrected chi connectivity index (χ4v) is 1.04. The molecule has 0 bridgehead atoms. The van der Waals surface area contributed by atoms with Gasteiger partial charge in [0, 0.05) is 19.3 Å². The maximum Gasteiger partial charge on any atom is 0.335 e. The SMILES string of the molecule is NC(=O)NCCNc1cc(C(=O)O)ccn1. The molecule has 0 saturated heterocycles. The van der Waals surface area contributed by atoms with Crippen LogP contribution in [0.1, 0.15) is 10.4 Å². The lowest BCUT2D eigenvalue weighted by atomic mass is 10.2. The molecule has 0 atom stereocenters. The van der Waals surface area contributed by atoms with Crippen LogP contribution >= 0.6 is 0 Å². The molecular weight excluding hydrogens is 212 g/mol. The smallest absolute Gasteiger partial charge is 0.335 e. The molecule has 7 heteroatoms. The Kier molecular flexibility index (Phi) is 4.07. The van der Waals surface area contributed by atoms with Crippen molar-refractivity contribution in [2.75, 3.05) is 18.4 Å². The summed E-state index contributed by atoms with van der Waals surface area (Å²) in [5.41, 5.74) is 5.02. The number of carboxylic acid groups (broad SMARTS) is 1. The van der Waals surface area contributed by atoms with Crippen molar-refractivity contribution in [1.82, 2.24) is 10.3 Å². The number of carbonyl (C=O) groups excluding carboxylic acids is 1. The third kappa shape index (κ3) is 3.82. The monoisotopic (exact) mass is 224 g/mol. The van der Waals surface area contributed by atoms with E-state index in [1.165, 1.54) is 18.3 Å². The van der Waals surface area contributed by atoms with Gasteiger partial charge >= 0.3 is 12.0 Å². The zero-order valence-corrected chi connectivity index (χ0v) is 8.43. The molecule has 1 rings (SSSR count). The summed E-state index contributed by atoms with van der Waals surface area (Å²) in [6, 6.07) is 2.20. The molecular formula is C9H12N4O3. The third-order valence-electron chi connectivity index (χ3n) is 1.74. The number of aromatic nitrogens is 1. The van der Waals surface area contributed by atoms with Crippen LogP contribution in [0.25, 0.3) is 0 Å². The molecule has 0 aliphatic rings. The first kappa shape index (κ1) is 11.8. The number of rotatable bonds is 5. The van der Waals surface area contributed by atoms with Crippen LogP contribution in [0.2, 0.25) is 0 Å². The van der Waals surface area contributed by atoms with Gasteiger partial charge in [-0.05, 0) is 12.1 Å². The normalized spacial score (nSPS) is 9.50. The molecule has 0 radical (unpaired) electrons. The Balaban J connectivity index is 2.45. The summed E-state index contributed by atoms with van der Waals surface area (Å²) in [7, 11) is 0. The predicted molar refractivity (Wildman–Crippen MR) is 57.3 cm³/mol. The van der Waals surface area contributed by atoms with Crippen molar-refractivity contribution in [3.05, 3.63) is 23.9 Å². The summed E-state index contributed by atoms with van der Waals surface area (Å²) in [5, 5.41) is 14.0. The van der Waals surface area contributed by atoms with Gasteiger partial charge < -0.3 is 21.5 Å². The minimum absolute atomic E-state index is 0.153. The van der Waals surface area contributed by atoms with Gasteiger partial charge in [-0.25, -0.2) is 14.6 Å². The lowest BCUT2D eigenvalue weighted by molar-refractivity contribution is 0.0697. The van der Waals surface area contributed by atoms with E-state index in [2.05, 4.69) is 15.6 Å². The number of nitrogens with one attached hydrogen (secondary N) is 2. The van der Waals surface area contributed by atoms with Crippen LogP contribution in [0.4, 0.5) is 10.6 Å². The van der Waals surface area contributed by atoms with Crippen LogP contribution in [-0.4, -0.2) is 35.2 Å². The van der Waals surface area contributed by atoms with Crippen LogP contribution in [0.15, 0.2) is 18.3 Å². The standard InChI is InChI=1S/C9H12N4O3/c10-9(16)13-4-3-12-7-5-6(8(14)15)1-2-11-7/h1-2,5H,3-4H2,(H,11,12)(H,14,15)(H3,10,13,16). The summed E-state index contributed by atoms with van der Waals surface area (Å²) in [4.78, 5) is 24.9. The highest BCUT2D eigenvalue weighted by atomic mass is 16.4. The number of primary amides is 1. The van der Waals surface area contributed by atoms with E-state index >= 15 is 0 Å². The Morgan fingerprint density at radius 2 is 2.19 bits per heavy atom. The highest BCUT2D eigenvalue weighted by Gasteiger charge is 2.03. The number of nitrogens with two attached hydrogens (primary N) is 1. The number of anilines is 1. The Morgan fingerprint density at radius 1 is 1.44 bits per heavy atom. The fourth-order valence-electron chi connectivity index (χ4n) is 1.04. The van der Waals surface area contributed by atoms with Crippen molar-refractivity contribution >= 4 is 17.8 Å². The molecule has 0 aliphatic carbocycles. The number of aromatic carboxylic acids is 1. The molecule has 1 aromatic heterocycles. The van der Waals surface area contributed by atoms with Crippen molar-refractivity contribution in [2.45, 2.75) is 0 Å². The largest absolute Gasteiger partial charge is 0.478 e. The minimum Gasteiger partial charge on any atom is -0.478 e. The average molecular weight is 224 g/mol. The molecule has 0 aromatic carbocycles. The minimum atomic E-state index is -1.01. The van der Waals surface area contributed by atoms with E-state index in [1.807, 2.05) is 0 Å². The second-order valence-corrected chi connectivity index (χ2v) is 2.95. The molecule has 0 unspecified atom stereocenters. The van der Waals surface area contributed by atoms with E-state index in [0.717, 1.165) is 0 Å². The Hall–Kier alpha value is -2.31. The van der Waals surface area contributed by atoms with E-state index in [1.54, 1.807) is 0 Å². The van der Waals surface area contributed by atoms with Gasteiger partial charge in [-0.3, -0.25) is 0 Å². The van der Waals surface area contributed by atoms with Gasteiger partial charge in [-0.1, -0.05) is 0 Å². The zero-order valence-electron chi connectivity index (χ0n) is 8.43. The first-order chi connectivity index (χ1) is 7.59. The van der Waals surface area contributed by atoms with Gasteiger partial charge in [0.15, 0.2) is 0 Å². The molecule has 0 saturated carbocycles. The maximum atomic E-state index is 10.6. The molecule has 1 aromatic rings. The van der Waals surface area contributed by atoms with Crippen molar-refractivity contribution in [3.8, 4) is 0 Å². The lowest BCUT2D eigenvalue weighted by Gasteiger charge is -2.05. The number of nitrogens with zero attached hydrogens (tertiary/aromatic N) is 1. The second-order valence-electron chi connectivity index (χ2n) is 2.95. The van der Waals surface area contributed by atoms with E-state index in [0.29, 0.717) is 18.9 Å². The van der Waals surface area contributed by atoms with E-state index in [-0.39, 0.29) is 5.56 Å². The number of pyridine rings is 1. The third-order valence-corrected chi connectivity index (χ3v) is 1.74. The van der Waals surface area contributed by atoms with Gasteiger partial charge in [0.25, 0.3) is 0 Å². The molecule has 1 heterocycles. The molecule has 86 valence electrons. The molecule has 0 spiro atoms. The Labute approximate surface area is 91.7 Å². The summed E-state index contributed by atoms with van der Waals surface area (Å²) in [6.45, 7) is 0.757. The van der Waals surface area contributed by atoms with Crippen LogP contribution in [0.3, 0.4) is 0 Å². The molecule has 16 heavy (non-hydrogen) atoms. The molecule has 2 amide bonds. The summed E-state index contributed by atoms with van der Waals surface area (Å²) in [6.07, 6.45) is 1.40. The topological polar surface area (TPSA) is 117 Å². The summed E-state index contributed by atoms with van der Waals surface area (Å²) < 4.78 is 0.